The summed E-state index contributed by atoms with van der Waals surface area (Å²) in [4.78, 5) is 38.8. The monoisotopic (exact) mass is 490 g/mol. The van der Waals surface area contributed by atoms with E-state index in [4.69, 9.17) is 14.2 Å². The molecule has 4 aliphatic rings. The topological polar surface area (TPSA) is 123 Å². The van der Waals surface area contributed by atoms with Crippen LogP contribution in [0.25, 0.3) is 0 Å². The molecule has 0 bridgehead atoms. The Hall–Kier alpha value is -2.03. The van der Waals surface area contributed by atoms with Gasteiger partial charge in [-0.25, -0.2) is 4.79 Å². The maximum absolute atomic E-state index is 13.9. The van der Waals surface area contributed by atoms with E-state index in [9.17, 15) is 24.6 Å². The van der Waals surface area contributed by atoms with Crippen LogP contribution >= 0.6 is 0 Å². The summed E-state index contributed by atoms with van der Waals surface area (Å²) in [7, 11) is 0. The number of aliphatic hydroxyl groups excluding tert-OH is 2. The van der Waals surface area contributed by atoms with Crippen molar-refractivity contribution in [2.45, 2.75) is 97.4 Å². The van der Waals surface area contributed by atoms with E-state index in [0.29, 0.717) is 17.6 Å². The normalized spacial score (nSPS) is 47.8. The van der Waals surface area contributed by atoms with Gasteiger partial charge < -0.3 is 24.4 Å². The zero-order valence-electron chi connectivity index (χ0n) is 21.8. The Balaban J connectivity index is 1.86. The molecule has 0 unspecified atom stereocenters. The number of ether oxygens (including phenoxy) is 3. The second-order valence-corrected chi connectivity index (χ2v) is 11.6. The van der Waals surface area contributed by atoms with E-state index in [1.807, 2.05) is 20.8 Å². The van der Waals surface area contributed by atoms with Crippen molar-refractivity contribution in [1.29, 1.82) is 0 Å². The van der Waals surface area contributed by atoms with Crippen LogP contribution in [0.1, 0.15) is 61.8 Å². The number of hydrogen-bond acceptors (Lipinski definition) is 8. The van der Waals surface area contributed by atoms with E-state index in [-0.39, 0.29) is 23.5 Å². The summed E-state index contributed by atoms with van der Waals surface area (Å²) in [5.41, 5.74) is -2.08. The third-order valence-electron chi connectivity index (χ3n) is 9.03. The number of carbonyl (C=O) groups excluding carboxylic acids is 3. The van der Waals surface area contributed by atoms with E-state index in [0.717, 1.165) is 0 Å². The molecule has 0 radical (unpaired) electrons. The zero-order valence-corrected chi connectivity index (χ0v) is 21.8. The molecule has 8 heteroatoms. The standard InChI is InChI=1S/C27H38O8/c1-9-12(2)24(32)34-20-13(3)10-26-22(30)14(4)11-27(26,35-26)23(31)15(5)21(33-16(6)28)18-17(19(20)29)25(18,7)8/h9-10,14-15,17-22,29-30H,11H2,1-8H3/b12-9-,13-10+/t14-,15+,17+,18-,19-,20+,21-,22-,26-,27-/m0/s1. The largest absolute Gasteiger partial charge is 0.461 e. The molecule has 2 N–H and O–H groups in total. The number of rotatable bonds is 3. The second kappa shape index (κ2) is 8.25. The summed E-state index contributed by atoms with van der Waals surface area (Å²) in [6, 6.07) is 0. The summed E-state index contributed by atoms with van der Waals surface area (Å²) in [6.45, 7) is 13.9. The first-order valence-electron chi connectivity index (χ1n) is 12.5. The highest BCUT2D eigenvalue weighted by atomic mass is 16.7. The third-order valence-corrected chi connectivity index (χ3v) is 9.03. The second-order valence-electron chi connectivity index (χ2n) is 11.6. The average Bonchev–Trinajstić information content (AvgIpc) is 3.58. The van der Waals surface area contributed by atoms with Gasteiger partial charge in [0.05, 0.1) is 18.1 Å². The Bertz CT molecular complexity index is 1010. The summed E-state index contributed by atoms with van der Waals surface area (Å²) in [5, 5.41) is 22.7. The first-order chi connectivity index (χ1) is 16.2. The lowest BCUT2D eigenvalue weighted by molar-refractivity contribution is -0.154. The number of Topliss-reactive ketones (excluding diaryl/α,β-unsaturated/α-hetero) is 1. The molecule has 0 aromatic carbocycles. The van der Waals surface area contributed by atoms with Gasteiger partial charge in [0.1, 0.15) is 12.2 Å². The number of esters is 2. The van der Waals surface area contributed by atoms with Gasteiger partial charge in [-0.15, -0.1) is 0 Å². The number of aliphatic hydroxyl groups is 2. The van der Waals surface area contributed by atoms with Crippen molar-refractivity contribution in [1.82, 2.24) is 0 Å². The quantitative estimate of drug-likeness (QED) is 0.268. The van der Waals surface area contributed by atoms with Crippen molar-refractivity contribution in [3.63, 3.8) is 0 Å². The molecule has 1 saturated heterocycles. The molecule has 194 valence electrons. The molecule has 35 heavy (non-hydrogen) atoms. The summed E-state index contributed by atoms with van der Waals surface area (Å²) < 4.78 is 17.6. The highest BCUT2D eigenvalue weighted by Crippen LogP contribution is 2.68. The summed E-state index contributed by atoms with van der Waals surface area (Å²) >= 11 is 0. The Morgan fingerprint density at radius 1 is 1.14 bits per heavy atom. The fourth-order valence-electron chi connectivity index (χ4n) is 6.89. The highest BCUT2D eigenvalue weighted by molar-refractivity contribution is 5.96. The Kier molecular flexibility index (Phi) is 6.14. The number of epoxide rings is 1. The van der Waals surface area contributed by atoms with Crippen molar-refractivity contribution >= 4 is 17.7 Å². The molecule has 10 atom stereocenters. The molecule has 8 nitrogen and oxygen atoms in total. The van der Waals surface area contributed by atoms with Gasteiger partial charge in [-0.3, -0.25) is 9.59 Å². The number of fused-ring (bicyclic) bond motifs is 1. The van der Waals surface area contributed by atoms with Crippen molar-refractivity contribution in [3.8, 4) is 0 Å². The fraction of sp³-hybridized carbons (Fsp3) is 0.741. The minimum Gasteiger partial charge on any atom is -0.461 e. The van der Waals surface area contributed by atoms with Crippen LogP contribution in [-0.2, 0) is 28.6 Å². The van der Waals surface area contributed by atoms with Gasteiger partial charge >= 0.3 is 11.9 Å². The van der Waals surface area contributed by atoms with E-state index < -0.39 is 58.9 Å². The first-order valence-corrected chi connectivity index (χ1v) is 12.5. The van der Waals surface area contributed by atoms with Gasteiger partial charge in [-0.05, 0) is 50.2 Å². The fourth-order valence-corrected chi connectivity index (χ4v) is 6.89. The van der Waals surface area contributed by atoms with Gasteiger partial charge in [-0.1, -0.05) is 33.8 Å². The minimum atomic E-state index is -1.27. The number of hydrogen-bond donors (Lipinski definition) is 2. The van der Waals surface area contributed by atoms with E-state index in [2.05, 4.69) is 0 Å². The molecule has 0 aromatic heterocycles. The summed E-state index contributed by atoms with van der Waals surface area (Å²) in [5.74, 6) is -2.92. The molecule has 4 rings (SSSR count). The van der Waals surface area contributed by atoms with E-state index in [1.54, 1.807) is 39.8 Å². The first kappa shape index (κ1) is 26.0. The molecule has 2 saturated carbocycles. The lowest BCUT2D eigenvalue weighted by Crippen LogP contribution is -2.43. The molecule has 1 heterocycles. The van der Waals surface area contributed by atoms with Crippen molar-refractivity contribution in [3.05, 3.63) is 23.3 Å². The maximum Gasteiger partial charge on any atom is 0.334 e. The molecule has 1 aliphatic heterocycles. The molecular weight excluding hydrogens is 452 g/mol. The smallest absolute Gasteiger partial charge is 0.334 e. The number of ketones is 1. The lowest BCUT2D eigenvalue weighted by atomic mass is 9.80. The van der Waals surface area contributed by atoms with Gasteiger partial charge in [0, 0.05) is 24.3 Å². The van der Waals surface area contributed by atoms with E-state index >= 15 is 0 Å². The van der Waals surface area contributed by atoms with Gasteiger partial charge in [-0.2, -0.15) is 0 Å². The Morgan fingerprint density at radius 2 is 1.77 bits per heavy atom. The van der Waals surface area contributed by atoms with E-state index in [1.165, 1.54) is 6.92 Å². The van der Waals surface area contributed by atoms with Crippen LogP contribution in [0.5, 0.6) is 0 Å². The molecule has 0 spiro atoms. The molecule has 3 fully saturated rings. The Labute approximate surface area is 206 Å². The maximum atomic E-state index is 13.9. The van der Waals surface area contributed by atoms with Crippen molar-refractivity contribution in [2.24, 2.45) is 29.1 Å². The van der Waals surface area contributed by atoms with Crippen molar-refractivity contribution < 1.29 is 38.8 Å². The van der Waals surface area contributed by atoms with Crippen LogP contribution < -0.4 is 0 Å². The van der Waals surface area contributed by atoms with Crippen LogP contribution in [0.3, 0.4) is 0 Å². The number of allylic oxidation sites excluding steroid dienone is 1. The van der Waals surface area contributed by atoms with Gasteiger partial charge in [0.15, 0.2) is 17.0 Å². The highest BCUT2D eigenvalue weighted by Gasteiger charge is 2.82. The molecule has 0 amide bonds. The van der Waals surface area contributed by atoms with Crippen LogP contribution in [0.15, 0.2) is 23.3 Å². The molecule has 0 aromatic rings. The average molecular weight is 491 g/mol. The van der Waals surface area contributed by atoms with Crippen LogP contribution in [-0.4, -0.2) is 63.6 Å². The van der Waals surface area contributed by atoms with Crippen LogP contribution in [0, 0.1) is 29.1 Å². The minimum absolute atomic E-state index is 0.208. The predicted octanol–water partition coefficient (Wildman–Crippen LogP) is 2.50. The molecular formula is C27H38O8. The SMILES string of the molecule is C/C=C(/C)C(=O)O[C@@H]1/C(C)=C/[C@@]23O[C@@]2(C[C@H](C)[C@@H]3O)C(=O)[C@H](C)[C@H](OC(C)=O)[C@@H]2[C@H]([C@@H]1O)C2(C)C. The zero-order chi connectivity index (χ0) is 26.2. The lowest BCUT2D eigenvalue weighted by Gasteiger charge is -2.28. The van der Waals surface area contributed by atoms with Gasteiger partial charge in [0.2, 0.25) is 0 Å². The van der Waals surface area contributed by atoms with Crippen LogP contribution in [0.4, 0.5) is 0 Å². The predicted molar refractivity (Wildman–Crippen MR) is 126 cm³/mol. The van der Waals surface area contributed by atoms with Gasteiger partial charge in [0.25, 0.3) is 0 Å². The number of carbonyl (C=O) groups is 3. The summed E-state index contributed by atoms with van der Waals surface area (Å²) in [6.07, 6.45) is -0.226. The third kappa shape index (κ3) is 3.63. The van der Waals surface area contributed by atoms with Crippen LogP contribution in [0.2, 0.25) is 0 Å². The molecule has 3 aliphatic carbocycles. The Morgan fingerprint density at radius 3 is 2.34 bits per heavy atom. The van der Waals surface area contributed by atoms with Crippen molar-refractivity contribution in [2.75, 3.05) is 0 Å².